The first-order chi connectivity index (χ1) is 7.41. The molecule has 0 saturated heterocycles. The summed E-state index contributed by atoms with van der Waals surface area (Å²) in [6.45, 7) is 1.55. The van der Waals surface area contributed by atoms with Crippen molar-refractivity contribution in [2.75, 3.05) is 6.61 Å². The SMILES string of the molecule is CC(O)COc1c(Cl)cc([N+](=O)[O-])cc1Cl. The van der Waals surface area contributed by atoms with E-state index >= 15 is 0 Å². The van der Waals surface area contributed by atoms with Crippen LogP contribution in [0.15, 0.2) is 12.1 Å². The van der Waals surface area contributed by atoms with Gasteiger partial charge in [0.05, 0.1) is 21.1 Å². The Labute approximate surface area is 102 Å². The summed E-state index contributed by atoms with van der Waals surface area (Å²) >= 11 is 11.5. The fourth-order valence-electron chi connectivity index (χ4n) is 0.994. The van der Waals surface area contributed by atoms with Crippen LogP contribution in [0.1, 0.15) is 6.92 Å². The number of benzene rings is 1. The molecule has 1 atom stereocenters. The van der Waals surface area contributed by atoms with Crippen LogP contribution < -0.4 is 4.74 Å². The third-order valence-corrected chi connectivity index (χ3v) is 2.22. The van der Waals surface area contributed by atoms with E-state index in [1.54, 1.807) is 0 Å². The molecule has 1 N–H and O–H groups in total. The van der Waals surface area contributed by atoms with E-state index in [-0.39, 0.29) is 28.1 Å². The summed E-state index contributed by atoms with van der Waals surface area (Å²) < 4.78 is 5.13. The molecule has 88 valence electrons. The smallest absolute Gasteiger partial charge is 0.272 e. The summed E-state index contributed by atoms with van der Waals surface area (Å²) in [6, 6.07) is 2.29. The largest absolute Gasteiger partial charge is 0.488 e. The predicted octanol–water partition coefficient (Wildman–Crippen LogP) is 2.66. The quantitative estimate of drug-likeness (QED) is 0.671. The second-order valence-corrected chi connectivity index (χ2v) is 3.97. The van der Waals surface area contributed by atoms with Gasteiger partial charge >= 0.3 is 0 Å². The zero-order valence-electron chi connectivity index (χ0n) is 8.31. The minimum Gasteiger partial charge on any atom is -0.488 e. The van der Waals surface area contributed by atoms with E-state index in [0.717, 1.165) is 12.1 Å². The monoisotopic (exact) mass is 265 g/mol. The standard InChI is InChI=1S/C9H9Cl2NO4/c1-5(13)4-16-9-7(10)2-6(12(14)15)3-8(9)11/h2-3,5,13H,4H2,1H3. The van der Waals surface area contributed by atoms with Crippen molar-refractivity contribution in [1.29, 1.82) is 0 Å². The number of nitro benzene ring substituents is 1. The number of rotatable bonds is 4. The van der Waals surface area contributed by atoms with Gasteiger partial charge in [-0.05, 0) is 6.92 Å². The molecule has 0 fully saturated rings. The van der Waals surface area contributed by atoms with E-state index in [1.807, 2.05) is 0 Å². The van der Waals surface area contributed by atoms with Gasteiger partial charge in [0.2, 0.25) is 0 Å². The third kappa shape index (κ3) is 3.23. The van der Waals surface area contributed by atoms with Gasteiger partial charge in [-0.3, -0.25) is 10.1 Å². The maximum absolute atomic E-state index is 10.5. The molecule has 0 aliphatic rings. The average molecular weight is 266 g/mol. The van der Waals surface area contributed by atoms with Gasteiger partial charge < -0.3 is 9.84 Å². The van der Waals surface area contributed by atoms with Crippen molar-refractivity contribution >= 4 is 28.9 Å². The second kappa shape index (κ2) is 5.34. The van der Waals surface area contributed by atoms with Gasteiger partial charge in [0.25, 0.3) is 5.69 Å². The Bertz CT molecular complexity index is 385. The first kappa shape index (κ1) is 13.0. The number of hydrogen-bond donors (Lipinski definition) is 1. The average Bonchev–Trinajstić information content (AvgIpc) is 2.15. The molecule has 0 heterocycles. The Kier molecular flexibility index (Phi) is 4.35. The number of aliphatic hydroxyl groups is 1. The third-order valence-electron chi connectivity index (χ3n) is 1.66. The van der Waals surface area contributed by atoms with Gasteiger partial charge in [0, 0.05) is 12.1 Å². The van der Waals surface area contributed by atoms with Crippen molar-refractivity contribution in [2.45, 2.75) is 13.0 Å². The van der Waals surface area contributed by atoms with Gasteiger partial charge in [-0.25, -0.2) is 0 Å². The van der Waals surface area contributed by atoms with Gasteiger partial charge in [0.15, 0.2) is 5.75 Å². The molecule has 1 rings (SSSR count). The summed E-state index contributed by atoms with van der Waals surface area (Å²) in [5, 5.41) is 19.6. The van der Waals surface area contributed by atoms with Gasteiger partial charge in [-0.2, -0.15) is 0 Å². The van der Waals surface area contributed by atoms with E-state index in [9.17, 15) is 10.1 Å². The minimum atomic E-state index is -0.678. The molecule has 16 heavy (non-hydrogen) atoms. The highest BCUT2D eigenvalue weighted by Gasteiger charge is 2.16. The van der Waals surface area contributed by atoms with Crippen LogP contribution in [0, 0.1) is 10.1 Å². The van der Waals surface area contributed by atoms with Crippen molar-refractivity contribution in [3.63, 3.8) is 0 Å². The maximum atomic E-state index is 10.5. The molecule has 5 nitrogen and oxygen atoms in total. The van der Waals surface area contributed by atoms with Gasteiger partial charge in [-0.1, -0.05) is 23.2 Å². The van der Waals surface area contributed by atoms with Crippen LogP contribution in [0.25, 0.3) is 0 Å². The normalized spacial score (nSPS) is 12.2. The lowest BCUT2D eigenvalue weighted by Crippen LogP contribution is -2.13. The summed E-state index contributed by atoms with van der Waals surface area (Å²) in [4.78, 5) is 9.89. The molecular weight excluding hydrogens is 257 g/mol. The Morgan fingerprint density at radius 3 is 2.38 bits per heavy atom. The number of ether oxygens (including phenoxy) is 1. The number of nitro groups is 1. The molecule has 0 bridgehead atoms. The molecule has 1 aromatic carbocycles. The lowest BCUT2D eigenvalue weighted by atomic mass is 10.3. The van der Waals surface area contributed by atoms with Crippen LogP contribution in [0.2, 0.25) is 10.0 Å². The first-order valence-corrected chi connectivity index (χ1v) is 5.11. The van der Waals surface area contributed by atoms with Crippen molar-refractivity contribution in [3.8, 4) is 5.75 Å². The highest BCUT2D eigenvalue weighted by molar-refractivity contribution is 6.37. The molecule has 0 radical (unpaired) electrons. The van der Waals surface area contributed by atoms with Crippen LogP contribution in [0.3, 0.4) is 0 Å². The molecule has 0 aliphatic heterocycles. The van der Waals surface area contributed by atoms with Crippen molar-refractivity contribution in [1.82, 2.24) is 0 Å². The molecule has 0 aromatic heterocycles. The fourth-order valence-corrected chi connectivity index (χ4v) is 1.58. The lowest BCUT2D eigenvalue weighted by Gasteiger charge is -2.10. The van der Waals surface area contributed by atoms with Gasteiger partial charge in [-0.15, -0.1) is 0 Å². The Morgan fingerprint density at radius 2 is 2.00 bits per heavy atom. The lowest BCUT2D eigenvalue weighted by molar-refractivity contribution is -0.384. The van der Waals surface area contributed by atoms with Crippen molar-refractivity contribution in [3.05, 3.63) is 32.3 Å². The van der Waals surface area contributed by atoms with Crippen LogP contribution in [-0.4, -0.2) is 22.7 Å². The topological polar surface area (TPSA) is 72.6 Å². The number of non-ortho nitro benzene ring substituents is 1. The predicted molar refractivity (Wildman–Crippen MR) is 60.3 cm³/mol. The summed E-state index contributed by atoms with van der Waals surface area (Å²) in [6.07, 6.45) is -0.678. The van der Waals surface area contributed by atoms with Crippen LogP contribution in [0.5, 0.6) is 5.75 Å². The molecule has 1 aromatic rings. The number of halogens is 2. The number of nitrogens with zero attached hydrogens (tertiary/aromatic N) is 1. The highest BCUT2D eigenvalue weighted by atomic mass is 35.5. The highest BCUT2D eigenvalue weighted by Crippen LogP contribution is 2.36. The summed E-state index contributed by atoms with van der Waals surface area (Å²) in [5.41, 5.74) is -0.209. The van der Waals surface area contributed by atoms with E-state index in [1.165, 1.54) is 6.92 Å². The summed E-state index contributed by atoms with van der Waals surface area (Å²) in [7, 11) is 0. The van der Waals surface area contributed by atoms with E-state index in [4.69, 9.17) is 33.0 Å². The van der Waals surface area contributed by atoms with Crippen molar-refractivity contribution in [2.24, 2.45) is 0 Å². The van der Waals surface area contributed by atoms with E-state index in [2.05, 4.69) is 0 Å². The molecule has 0 spiro atoms. The molecule has 0 aliphatic carbocycles. The van der Waals surface area contributed by atoms with Gasteiger partial charge in [0.1, 0.15) is 6.61 Å². The van der Waals surface area contributed by atoms with Crippen LogP contribution in [0.4, 0.5) is 5.69 Å². The number of hydrogen-bond acceptors (Lipinski definition) is 4. The molecular formula is C9H9Cl2NO4. The summed E-state index contributed by atoms with van der Waals surface area (Å²) in [5.74, 6) is 0.134. The zero-order chi connectivity index (χ0) is 12.3. The first-order valence-electron chi connectivity index (χ1n) is 4.36. The Morgan fingerprint density at radius 1 is 1.50 bits per heavy atom. The minimum absolute atomic E-state index is 0.0112. The maximum Gasteiger partial charge on any atom is 0.272 e. The molecule has 0 amide bonds. The molecule has 7 heteroatoms. The zero-order valence-corrected chi connectivity index (χ0v) is 9.83. The Balaban J connectivity index is 2.98. The van der Waals surface area contributed by atoms with E-state index < -0.39 is 11.0 Å². The second-order valence-electron chi connectivity index (χ2n) is 3.16. The molecule has 1 unspecified atom stereocenters. The van der Waals surface area contributed by atoms with Crippen LogP contribution >= 0.6 is 23.2 Å². The number of aliphatic hydroxyl groups excluding tert-OH is 1. The Hall–Kier alpha value is -1.04. The van der Waals surface area contributed by atoms with Crippen molar-refractivity contribution < 1.29 is 14.8 Å². The van der Waals surface area contributed by atoms with Crippen LogP contribution in [-0.2, 0) is 0 Å². The molecule has 0 saturated carbocycles. The fraction of sp³-hybridized carbons (Fsp3) is 0.333. The van der Waals surface area contributed by atoms with E-state index in [0.29, 0.717) is 0 Å².